The normalized spacial score (nSPS) is 11.3. The zero-order valence-electron chi connectivity index (χ0n) is 9.44. The summed E-state index contributed by atoms with van der Waals surface area (Å²) < 4.78 is 0. The maximum Gasteiger partial charge on any atom is 0.187 e. The molecule has 0 saturated carbocycles. The van der Waals surface area contributed by atoms with E-state index >= 15 is 0 Å². The van der Waals surface area contributed by atoms with E-state index in [-0.39, 0.29) is 5.78 Å². The molecule has 0 atom stereocenters. The van der Waals surface area contributed by atoms with Crippen LogP contribution in [0.15, 0.2) is 60.7 Å². The van der Waals surface area contributed by atoms with Crippen LogP contribution in [0.3, 0.4) is 0 Å². The summed E-state index contributed by atoms with van der Waals surface area (Å²) in [5.74, 6) is -0.124. The zero-order valence-corrected chi connectivity index (χ0v) is 10.9. The first-order chi connectivity index (χ1) is 8.66. The molecule has 2 aromatic carbocycles. The molecule has 3 heteroatoms. The van der Waals surface area contributed by atoms with Gasteiger partial charge in [0.05, 0.1) is 5.03 Å². The van der Waals surface area contributed by atoms with Crippen molar-refractivity contribution in [1.29, 1.82) is 0 Å². The largest absolute Gasteiger partial charge is 0.289 e. The molecule has 0 aliphatic carbocycles. The minimum atomic E-state index is -0.124. The lowest BCUT2D eigenvalue weighted by Gasteiger charge is -2.00. The Hall–Kier alpha value is -1.57. The van der Waals surface area contributed by atoms with Crippen LogP contribution < -0.4 is 0 Å². The van der Waals surface area contributed by atoms with Crippen molar-refractivity contribution >= 4 is 34.0 Å². The SMILES string of the molecule is O=C(/C=C(/Cl)c1cccc(Cl)c1)c1ccccc1. The lowest BCUT2D eigenvalue weighted by molar-refractivity contribution is 0.104. The molecule has 2 rings (SSSR count). The van der Waals surface area contributed by atoms with Crippen molar-refractivity contribution < 1.29 is 4.79 Å². The lowest BCUT2D eigenvalue weighted by Crippen LogP contribution is -1.94. The van der Waals surface area contributed by atoms with Gasteiger partial charge >= 0.3 is 0 Å². The molecule has 0 aliphatic heterocycles. The summed E-state index contributed by atoms with van der Waals surface area (Å²) in [5.41, 5.74) is 1.34. The van der Waals surface area contributed by atoms with Gasteiger partial charge in [-0.1, -0.05) is 65.7 Å². The lowest BCUT2D eigenvalue weighted by atomic mass is 10.1. The zero-order chi connectivity index (χ0) is 13.0. The highest BCUT2D eigenvalue weighted by Crippen LogP contribution is 2.22. The minimum Gasteiger partial charge on any atom is -0.289 e. The number of hydrogen-bond acceptors (Lipinski definition) is 1. The predicted octanol–water partition coefficient (Wildman–Crippen LogP) is 4.80. The molecule has 0 spiro atoms. The molecule has 0 heterocycles. The van der Waals surface area contributed by atoms with Crippen LogP contribution in [-0.2, 0) is 0 Å². The van der Waals surface area contributed by atoms with Crippen molar-refractivity contribution in [1.82, 2.24) is 0 Å². The molecule has 0 bridgehead atoms. The third-order valence-corrected chi connectivity index (χ3v) is 2.98. The quantitative estimate of drug-likeness (QED) is 0.581. The Kier molecular flexibility index (Phi) is 4.19. The molecule has 18 heavy (non-hydrogen) atoms. The van der Waals surface area contributed by atoms with E-state index in [1.165, 1.54) is 6.08 Å². The van der Waals surface area contributed by atoms with Gasteiger partial charge in [0.15, 0.2) is 5.78 Å². The van der Waals surface area contributed by atoms with Gasteiger partial charge in [0, 0.05) is 16.7 Å². The summed E-state index contributed by atoms with van der Waals surface area (Å²) in [6.07, 6.45) is 1.41. The third kappa shape index (κ3) is 3.22. The molecular formula is C15H10Cl2O. The first-order valence-corrected chi connectivity index (χ1v) is 6.15. The van der Waals surface area contributed by atoms with Crippen LogP contribution in [0.2, 0.25) is 5.02 Å². The highest BCUT2D eigenvalue weighted by atomic mass is 35.5. The molecule has 0 aromatic heterocycles. The molecule has 0 unspecified atom stereocenters. The minimum absolute atomic E-state index is 0.124. The molecule has 90 valence electrons. The van der Waals surface area contributed by atoms with Crippen LogP contribution in [0.25, 0.3) is 5.03 Å². The number of hydrogen-bond donors (Lipinski definition) is 0. The second kappa shape index (κ2) is 5.85. The van der Waals surface area contributed by atoms with Crippen LogP contribution in [0.1, 0.15) is 15.9 Å². The first-order valence-electron chi connectivity index (χ1n) is 5.39. The average Bonchev–Trinajstić information content (AvgIpc) is 2.39. The molecule has 0 radical (unpaired) electrons. The Balaban J connectivity index is 2.26. The van der Waals surface area contributed by atoms with Crippen LogP contribution in [-0.4, -0.2) is 5.78 Å². The van der Waals surface area contributed by atoms with Gasteiger partial charge in [-0.25, -0.2) is 0 Å². The third-order valence-electron chi connectivity index (χ3n) is 2.42. The molecule has 0 saturated heterocycles. The van der Waals surface area contributed by atoms with Crippen LogP contribution in [0.4, 0.5) is 0 Å². The summed E-state index contributed by atoms with van der Waals surface area (Å²) in [5, 5.41) is 0.970. The number of allylic oxidation sites excluding steroid dienone is 1. The van der Waals surface area contributed by atoms with E-state index in [1.54, 1.807) is 30.3 Å². The first kappa shape index (κ1) is 12.9. The summed E-state index contributed by atoms with van der Waals surface area (Å²) in [6.45, 7) is 0. The highest BCUT2D eigenvalue weighted by Gasteiger charge is 2.05. The van der Waals surface area contributed by atoms with Crippen molar-refractivity contribution in [3.05, 3.63) is 76.8 Å². The average molecular weight is 277 g/mol. The smallest absolute Gasteiger partial charge is 0.187 e. The fraction of sp³-hybridized carbons (Fsp3) is 0. The fourth-order valence-corrected chi connectivity index (χ4v) is 1.93. The van der Waals surface area contributed by atoms with Gasteiger partial charge in [0.2, 0.25) is 0 Å². The summed E-state index contributed by atoms with van der Waals surface area (Å²) >= 11 is 12.0. The summed E-state index contributed by atoms with van der Waals surface area (Å²) in [6, 6.07) is 16.1. The van der Waals surface area contributed by atoms with Gasteiger partial charge in [-0.3, -0.25) is 4.79 Å². The monoisotopic (exact) mass is 276 g/mol. The van der Waals surface area contributed by atoms with Crippen LogP contribution in [0.5, 0.6) is 0 Å². The van der Waals surface area contributed by atoms with Gasteiger partial charge in [-0.15, -0.1) is 0 Å². The van der Waals surface area contributed by atoms with Crippen LogP contribution in [0, 0.1) is 0 Å². The maximum absolute atomic E-state index is 11.9. The highest BCUT2D eigenvalue weighted by molar-refractivity contribution is 6.50. The van der Waals surface area contributed by atoms with E-state index in [9.17, 15) is 4.79 Å². The Morgan fingerprint density at radius 2 is 1.61 bits per heavy atom. The topological polar surface area (TPSA) is 17.1 Å². The van der Waals surface area contributed by atoms with Gasteiger partial charge in [-0.05, 0) is 17.7 Å². The van der Waals surface area contributed by atoms with E-state index in [0.29, 0.717) is 15.6 Å². The summed E-state index contributed by atoms with van der Waals surface area (Å²) in [7, 11) is 0. The Morgan fingerprint density at radius 3 is 2.28 bits per heavy atom. The van der Waals surface area contributed by atoms with E-state index in [4.69, 9.17) is 23.2 Å². The molecule has 1 nitrogen and oxygen atoms in total. The van der Waals surface area contributed by atoms with Crippen molar-refractivity contribution in [2.75, 3.05) is 0 Å². The van der Waals surface area contributed by atoms with Crippen molar-refractivity contribution in [2.24, 2.45) is 0 Å². The van der Waals surface area contributed by atoms with E-state index in [0.717, 1.165) is 5.56 Å². The number of carbonyl (C=O) groups is 1. The van der Waals surface area contributed by atoms with Gasteiger partial charge in [0.25, 0.3) is 0 Å². The second-order valence-electron chi connectivity index (χ2n) is 3.73. The Morgan fingerprint density at radius 1 is 0.944 bits per heavy atom. The second-order valence-corrected chi connectivity index (χ2v) is 4.58. The van der Waals surface area contributed by atoms with Gasteiger partial charge < -0.3 is 0 Å². The Bertz CT molecular complexity index is 588. The molecule has 0 aliphatic rings. The molecule has 0 fully saturated rings. The molecule has 0 N–H and O–H groups in total. The van der Waals surface area contributed by atoms with Crippen molar-refractivity contribution in [3.63, 3.8) is 0 Å². The van der Waals surface area contributed by atoms with E-state index in [2.05, 4.69) is 0 Å². The van der Waals surface area contributed by atoms with Gasteiger partial charge in [0.1, 0.15) is 0 Å². The molecule has 0 amide bonds. The Labute approximate surface area is 116 Å². The van der Waals surface area contributed by atoms with E-state index < -0.39 is 0 Å². The fourth-order valence-electron chi connectivity index (χ4n) is 1.52. The van der Waals surface area contributed by atoms with Crippen LogP contribution >= 0.6 is 23.2 Å². The van der Waals surface area contributed by atoms with Crippen molar-refractivity contribution in [2.45, 2.75) is 0 Å². The number of rotatable bonds is 3. The standard InChI is InChI=1S/C15H10Cl2O/c16-13-8-4-7-12(9-13)14(17)10-15(18)11-5-2-1-3-6-11/h1-10H/b14-10+. The van der Waals surface area contributed by atoms with Crippen molar-refractivity contribution in [3.8, 4) is 0 Å². The number of carbonyl (C=O) groups excluding carboxylic acids is 1. The number of benzene rings is 2. The maximum atomic E-state index is 11.9. The number of halogens is 2. The summed E-state index contributed by atoms with van der Waals surface area (Å²) in [4.78, 5) is 11.9. The number of ketones is 1. The molecular weight excluding hydrogens is 267 g/mol. The van der Waals surface area contributed by atoms with E-state index in [1.807, 2.05) is 24.3 Å². The van der Waals surface area contributed by atoms with Gasteiger partial charge in [-0.2, -0.15) is 0 Å². The molecule has 2 aromatic rings. The predicted molar refractivity (Wildman–Crippen MR) is 76.1 cm³/mol.